The second kappa shape index (κ2) is 8.33. The average Bonchev–Trinajstić information content (AvgIpc) is 3.09. The van der Waals surface area contributed by atoms with E-state index in [4.69, 9.17) is 4.74 Å². The van der Waals surface area contributed by atoms with Gasteiger partial charge in [0.25, 0.3) is 0 Å². The summed E-state index contributed by atoms with van der Waals surface area (Å²) in [6, 6.07) is 7.12. The summed E-state index contributed by atoms with van der Waals surface area (Å²) in [7, 11) is 0. The maximum Gasteiger partial charge on any atom is 0.387 e. The summed E-state index contributed by atoms with van der Waals surface area (Å²) in [6.45, 7) is 1.96. The quantitative estimate of drug-likeness (QED) is 0.769. The number of piperidine rings is 1. The molecule has 0 radical (unpaired) electrons. The summed E-state index contributed by atoms with van der Waals surface area (Å²) in [5.41, 5.74) is 0.790. The first-order chi connectivity index (χ1) is 13.6. The summed E-state index contributed by atoms with van der Waals surface area (Å²) in [6.07, 6.45) is 4.81. The van der Waals surface area contributed by atoms with Crippen molar-refractivity contribution < 1.29 is 23.0 Å². The zero-order valence-corrected chi connectivity index (χ0v) is 16.1. The fourth-order valence-electron chi connectivity index (χ4n) is 4.95. The van der Waals surface area contributed by atoms with Crippen molar-refractivity contribution in [1.29, 1.82) is 0 Å². The SMILES string of the molecule is O=C1N(C2CCOCC2)CCC[C@]12CCN(Cc1ccc(OC(F)F)cc1)C2. The van der Waals surface area contributed by atoms with Crippen LogP contribution in [0.15, 0.2) is 24.3 Å². The van der Waals surface area contributed by atoms with Gasteiger partial charge in [-0.25, -0.2) is 0 Å². The molecule has 3 aliphatic heterocycles. The first-order valence-corrected chi connectivity index (χ1v) is 10.2. The third kappa shape index (κ3) is 4.15. The number of hydrogen-bond donors (Lipinski definition) is 0. The van der Waals surface area contributed by atoms with E-state index in [1.807, 2.05) is 12.1 Å². The highest BCUT2D eigenvalue weighted by atomic mass is 19.3. The molecular weight excluding hydrogens is 366 g/mol. The summed E-state index contributed by atoms with van der Waals surface area (Å²) < 4.78 is 34.4. The van der Waals surface area contributed by atoms with Gasteiger partial charge >= 0.3 is 6.61 Å². The number of likely N-dealkylation sites (tertiary alicyclic amines) is 2. The van der Waals surface area contributed by atoms with Crippen LogP contribution in [0, 0.1) is 5.41 Å². The van der Waals surface area contributed by atoms with Gasteiger partial charge in [0.05, 0.1) is 5.41 Å². The van der Waals surface area contributed by atoms with E-state index in [0.29, 0.717) is 11.9 Å². The molecule has 1 aromatic rings. The fourth-order valence-corrected chi connectivity index (χ4v) is 4.95. The Balaban J connectivity index is 1.37. The minimum absolute atomic E-state index is 0.172. The van der Waals surface area contributed by atoms with Crippen molar-refractivity contribution >= 4 is 5.91 Å². The van der Waals surface area contributed by atoms with E-state index in [2.05, 4.69) is 14.5 Å². The van der Waals surface area contributed by atoms with Crippen LogP contribution in [0.25, 0.3) is 0 Å². The molecule has 3 aliphatic rings. The van der Waals surface area contributed by atoms with Crippen molar-refractivity contribution in [3.63, 3.8) is 0 Å². The number of ether oxygens (including phenoxy) is 2. The smallest absolute Gasteiger partial charge is 0.387 e. The van der Waals surface area contributed by atoms with Crippen LogP contribution in [-0.4, -0.2) is 61.2 Å². The molecule has 3 saturated heterocycles. The Hall–Kier alpha value is -1.73. The van der Waals surface area contributed by atoms with Gasteiger partial charge in [-0.15, -0.1) is 0 Å². The molecule has 5 nitrogen and oxygen atoms in total. The number of carbonyl (C=O) groups excluding carboxylic acids is 1. The average molecular weight is 394 g/mol. The number of nitrogens with zero attached hydrogens (tertiary/aromatic N) is 2. The Bertz CT molecular complexity index is 679. The molecule has 1 amide bonds. The molecule has 1 aromatic carbocycles. The molecule has 0 aliphatic carbocycles. The van der Waals surface area contributed by atoms with Crippen molar-refractivity contribution in [2.45, 2.75) is 51.3 Å². The normalized spacial score (nSPS) is 27.1. The summed E-state index contributed by atoms with van der Waals surface area (Å²) in [5.74, 6) is 0.500. The van der Waals surface area contributed by atoms with Crippen molar-refractivity contribution in [2.75, 3.05) is 32.8 Å². The molecule has 0 aromatic heterocycles. The lowest BCUT2D eigenvalue weighted by Gasteiger charge is -2.44. The van der Waals surface area contributed by atoms with Crippen LogP contribution in [0.2, 0.25) is 0 Å². The van der Waals surface area contributed by atoms with Gasteiger partial charge in [-0.3, -0.25) is 9.69 Å². The lowest BCUT2D eigenvalue weighted by atomic mass is 9.77. The number of alkyl halides is 2. The fraction of sp³-hybridized carbons (Fsp3) is 0.667. The predicted molar refractivity (Wildman–Crippen MR) is 100 cm³/mol. The Kier molecular flexibility index (Phi) is 5.83. The largest absolute Gasteiger partial charge is 0.435 e. The number of halogens is 2. The highest BCUT2D eigenvalue weighted by molar-refractivity contribution is 5.84. The number of rotatable bonds is 5. The predicted octanol–water partition coefficient (Wildman–Crippen LogP) is 3.28. The summed E-state index contributed by atoms with van der Waals surface area (Å²) in [5, 5.41) is 0. The van der Waals surface area contributed by atoms with Crippen molar-refractivity contribution in [1.82, 2.24) is 9.80 Å². The third-order valence-corrected chi connectivity index (χ3v) is 6.39. The Morgan fingerprint density at radius 3 is 2.61 bits per heavy atom. The van der Waals surface area contributed by atoms with Crippen LogP contribution >= 0.6 is 0 Å². The number of carbonyl (C=O) groups is 1. The molecule has 4 rings (SSSR count). The van der Waals surface area contributed by atoms with E-state index in [9.17, 15) is 13.6 Å². The van der Waals surface area contributed by atoms with Crippen molar-refractivity contribution in [3.8, 4) is 5.75 Å². The maximum atomic E-state index is 13.4. The maximum absolute atomic E-state index is 13.4. The Labute approximate surface area is 164 Å². The van der Waals surface area contributed by atoms with Crippen molar-refractivity contribution in [2.24, 2.45) is 5.41 Å². The van der Waals surface area contributed by atoms with E-state index in [0.717, 1.165) is 77.1 Å². The first kappa shape index (κ1) is 19.6. The molecule has 0 saturated carbocycles. The molecular formula is C21H28F2N2O3. The lowest BCUT2D eigenvalue weighted by molar-refractivity contribution is -0.150. The molecule has 1 atom stereocenters. The van der Waals surface area contributed by atoms with Gasteiger partial charge in [0.2, 0.25) is 5.91 Å². The zero-order valence-electron chi connectivity index (χ0n) is 16.1. The van der Waals surface area contributed by atoms with Crippen LogP contribution in [0.4, 0.5) is 8.78 Å². The number of benzene rings is 1. The summed E-state index contributed by atoms with van der Waals surface area (Å²) in [4.78, 5) is 17.8. The van der Waals surface area contributed by atoms with Gasteiger partial charge < -0.3 is 14.4 Å². The van der Waals surface area contributed by atoms with Crippen LogP contribution in [0.5, 0.6) is 5.75 Å². The number of amides is 1. The minimum atomic E-state index is -2.81. The minimum Gasteiger partial charge on any atom is -0.435 e. The van der Waals surface area contributed by atoms with Crippen LogP contribution in [0.3, 0.4) is 0 Å². The van der Waals surface area contributed by atoms with Crippen molar-refractivity contribution in [3.05, 3.63) is 29.8 Å². The van der Waals surface area contributed by atoms with E-state index in [1.54, 1.807) is 12.1 Å². The van der Waals surface area contributed by atoms with E-state index in [-0.39, 0.29) is 11.2 Å². The second-order valence-corrected chi connectivity index (χ2v) is 8.21. The van der Waals surface area contributed by atoms with Gasteiger partial charge in [-0.1, -0.05) is 12.1 Å². The lowest BCUT2D eigenvalue weighted by Crippen LogP contribution is -2.54. The van der Waals surface area contributed by atoms with E-state index in [1.165, 1.54) is 0 Å². The monoisotopic (exact) mass is 394 g/mol. The molecule has 3 fully saturated rings. The van der Waals surface area contributed by atoms with Gasteiger partial charge in [-0.05, 0) is 56.3 Å². The standard InChI is InChI=1S/C21H28F2N2O3/c22-20(23)28-18-4-2-16(3-5-18)14-24-11-9-21(15-24)8-1-10-25(19(21)26)17-6-12-27-13-7-17/h2-5,17,20H,1,6-15H2/t21-/m1/s1. The molecule has 28 heavy (non-hydrogen) atoms. The van der Waals surface area contributed by atoms with Gasteiger partial charge in [0, 0.05) is 38.9 Å². The topological polar surface area (TPSA) is 42.0 Å². The van der Waals surface area contributed by atoms with E-state index < -0.39 is 6.61 Å². The molecule has 3 heterocycles. The molecule has 0 unspecified atom stereocenters. The second-order valence-electron chi connectivity index (χ2n) is 8.21. The zero-order chi connectivity index (χ0) is 19.6. The number of hydrogen-bond acceptors (Lipinski definition) is 4. The molecule has 154 valence electrons. The van der Waals surface area contributed by atoms with Gasteiger partial charge in [-0.2, -0.15) is 8.78 Å². The Morgan fingerprint density at radius 1 is 1.14 bits per heavy atom. The third-order valence-electron chi connectivity index (χ3n) is 6.39. The van der Waals surface area contributed by atoms with E-state index >= 15 is 0 Å². The molecule has 1 spiro atoms. The van der Waals surface area contributed by atoms with Crippen LogP contribution in [0.1, 0.15) is 37.7 Å². The molecule has 0 bridgehead atoms. The van der Waals surface area contributed by atoms with Crippen LogP contribution in [-0.2, 0) is 16.1 Å². The van der Waals surface area contributed by atoms with Gasteiger partial charge in [0.15, 0.2) is 0 Å². The highest BCUT2D eigenvalue weighted by Crippen LogP contribution is 2.41. The highest BCUT2D eigenvalue weighted by Gasteiger charge is 2.49. The van der Waals surface area contributed by atoms with Gasteiger partial charge in [0.1, 0.15) is 5.75 Å². The van der Waals surface area contributed by atoms with Crippen LogP contribution < -0.4 is 4.74 Å². The Morgan fingerprint density at radius 2 is 1.89 bits per heavy atom. The molecule has 0 N–H and O–H groups in total. The summed E-state index contributed by atoms with van der Waals surface area (Å²) >= 11 is 0. The molecule has 7 heteroatoms. The first-order valence-electron chi connectivity index (χ1n) is 10.2.